The van der Waals surface area contributed by atoms with Gasteiger partial charge in [0, 0.05) is 19.7 Å². The molecule has 0 aromatic rings. The molecule has 1 aliphatic rings. The Labute approximate surface area is 93.5 Å². The fourth-order valence-electron chi connectivity index (χ4n) is 1.90. The molecule has 1 fully saturated rings. The van der Waals surface area contributed by atoms with Crippen molar-refractivity contribution in [2.75, 3.05) is 19.7 Å². The van der Waals surface area contributed by atoms with Gasteiger partial charge in [-0.2, -0.15) is 0 Å². The Morgan fingerprint density at radius 1 is 1.47 bits per heavy atom. The standard InChI is InChI=1S/C12H25NO2/c1-10(15-12(2,3)4)8-13-9-11-6-5-7-14-11/h10-11,13H,5-9H2,1-4H3. The summed E-state index contributed by atoms with van der Waals surface area (Å²) in [7, 11) is 0. The lowest BCUT2D eigenvalue weighted by Gasteiger charge is -2.25. The van der Waals surface area contributed by atoms with Crippen molar-refractivity contribution in [3.05, 3.63) is 0 Å². The summed E-state index contributed by atoms with van der Waals surface area (Å²) in [6.07, 6.45) is 3.08. The molecule has 1 aliphatic heterocycles. The van der Waals surface area contributed by atoms with E-state index in [1.807, 2.05) is 0 Å². The molecule has 2 atom stereocenters. The van der Waals surface area contributed by atoms with Gasteiger partial charge in [-0.3, -0.25) is 0 Å². The third-order valence-electron chi connectivity index (χ3n) is 2.38. The van der Waals surface area contributed by atoms with E-state index >= 15 is 0 Å². The van der Waals surface area contributed by atoms with Crippen LogP contribution in [0.3, 0.4) is 0 Å². The van der Waals surface area contributed by atoms with Crippen molar-refractivity contribution >= 4 is 0 Å². The molecule has 2 unspecified atom stereocenters. The summed E-state index contributed by atoms with van der Waals surface area (Å²) in [5.74, 6) is 0. The summed E-state index contributed by atoms with van der Waals surface area (Å²) in [4.78, 5) is 0. The maximum atomic E-state index is 5.80. The minimum Gasteiger partial charge on any atom is -0.377 e. The quantitative estimate of drug-likeness (QED) is 0.760. The van der Waals surface area contributed by atoms with Crippen LogP contribution in [-0.2, 0) is 9.47 Å². The molecule has 0 spiro atoms. The Hall–Kier alpha value is -0.120. The first-order chi connectivity index (χ1) is 6.97. The molecule has 0 aromatic heterocycles. The topological polar surface area (TPSA) is 30.5 Å². The molecule has 3 heteroatoms. The Kier molecular flexibility index (Phi) is 5.03. The van der Waals surface area contributed by atoms with Crippen molar-refractivity contribution < 1.29 is 9.47 Å². The number of ether oxygens (including phenoxy) is 2. The normalized spacial score (nSPS) is 24.4. The molecule has 1 rings (SSSR count). The molecule has 1 N–H and O–H groups in total. The van der Waals surface area contributed by atoms with Gasteiger partial charge in [0.25, 0.3) is 0 Å². The minimum absolute atomic E-state index is 0.0506. The van der Waals surface area contributed by atoms with Crippen LogP contribution >= 0.6 is 0 Å². The highest BCUT2D eigenvalue weighted by molar-refractivity contribution is 4.70. The van der Waals surface area contributed by atoms with E-state index in [9.17, 15) is 0 Å². The lowest BCUT2D eigenvalue weighted by atomic mass is 10.2. The van der Waals surface area contributed by atoms with Gasteiger partial charge in [0.05, 0.1) is 17.8 Å². The van der Waals surface area contributed by atoms with E-state index in [4.69, 9.17) is 9.47 Å². The summed E-state index contributed by atoms with van der Waals surface area (Å²) in [5.41, 5.74) is -0.0506. The molecule has 3 nitrogen and oxygen atoms in total. The summed E-state index contributed by atoms with van der Waals surface area (Å²) >= 11 is 0. The minimum atomic E-state index is -0.0506. The summed E-state index contributed by atoms with van der Waals surface area (Å²) in [5, 5.41) is 3.40. The highest BCUT2D eigenvalue weighted by Crippen LogP contribution is 2.12. The Morgan fingerprint density at radius 2 is 2.20 bits per heavy atom. The van der Waals surface area contributed by atoms with E-state index in [-0.39, 0.29) is 11.7 Å². The van der Waals surface area contributed by atoms with Gasteiger partial charge in [0.1, 0.15) is 0 Å². The van der Waals surface area contributed by atoms with Crippen LogP contribution in [0, 0.1) is 0 Å². The number of nitrogens with one attached hydrogen (secondary N) is 1. The molecule has 0 aliphatic carbocycles. The zero-order valence-corrected chi connectivity index (χ0v) is 10.5. The van der Waals surface area contributed by atoms with Crippen LogP contribution in [-0.4, -0.2) is 37.5 Å². The van der Waals surface area contributed by atoms with Gasteiger partial charge in [-0.25, -0.2) is 0 Å². The van der Waals surface area contributed by atoms with Crippen LogP contribution in [0.15, 0.2) is 0 Å². The SMILES string of the molecule is CC(CNCC1CCCO1)OC(C)(C)C. The largest absolute Gasteiger partial charge is 0.377 e. The monoisotopic (exact) mass is 215 g/mol. The van der Waals surface area contributed by atoms with Crippen LogP contribution in [0.2, 0.25) is 0 Å². The molecular weight excluding hydrogens is 190 g/mol. The maximum Gasteiger partial charge on any atom is 0.0700 e. The molecular formula is C12H25NO2. The molecule has 0 amide bonds. The Balaban J connectivity index is 2.03. The van der Waals surface area contributed by atoms with Crippen molar-refractivity contribution in [1.29, 1.82) is 0 Å². The molecule has 15 heavy (non-hydrogen) atoms. The lowest BCUT2D eigenvalue weighted by Crippen LogP contribution is -2.36. The second-order valence-corrected chi connectivity index (χ2v) is 5.33. The zero-order valence-electron chi connectivity index (χ0n) is 10.5. The van der Waals surface area contributed by atoms with Gasteiger partial charge in [-0.15, -0.1) is 0 Å². The van der Waals surface area contributed by atoms with Crippen molar-refractivity contribution in [1.82, 2.24) is 5.32 Å². The number of hydrogen-bond donors (Lipinski definition) is 1. The lowest BCUT2D eigenvalue weighted by molar-refractivity contribution is -0.0506. The zero-order chi connectivity index (χ0) is 11.3. The Bertz CT molecular complexity index is 171. The number of hydrogen-bond acceptors (Lipinski definition) is 3. The van der Waals surface area contributed by atoms with E-state index in [1.165, 1.54) is 12.8 Å². The summed E-state index contributed by atoms with van der Waals surface area (Å²) < 4.78 is 11.3. The third-order valence-corrected chi connectivity index (χ3v) is 2.38. The molecule has 1 heterocycles. The summed E-state index contributed by atoms with van der Waals surface area (Å²) in [6, 6.07) is 0. The van der Waals surface area contributed by atoms with Crippen molar-refractivity contribution in [2.24, 2.45) is 0 Å². The van der Waals surface area contributed by atoms with E-state index in [0.717, 1.165) is 19.7 Å². The fraction of sp³-hybridized carbons (Fsp3) is 1.00. The van der Waals surface area contributed by atoms with Gasteiger partial charge in [-0.05, 0) is 40.5 Å². The highest BCUT2D eigenvalue weighted by atomic mass is 16.5. The first-order valence-electron chi connectivity index (χ1n) is 5.97. The highest BCUT2D eigenvalue weighted by Gasteiger charge is 2.17. The molecule has 1 saturated heterocycles. The van der Waals surface area contributed by atoms with Crippen molar-refractivity contribution in [3.8, 4) is 0 Å². The molecule has 0 bridgehead atoms. The average molecular weight is 215 g/mol. The van der Waals surface area contributed by atoms with Gasteiger partial charge in [0.15, 0.2) is 0 Å². The first-order valence-corrected chi connectivity index (χ1v) is 5.97. The van der Waals surface area contributed by atoms with Gasteiger partial charge < -0.3 is 14.8 Å². The van der Waals surface area contributed by atoms with Gasteiger partial charge in [0.2, 0.25) is 0 Å². The van der Waals surface area contributed by atoms with Gasteiger partial charge in [-0.1, -0.05) is 0 Å². The second-order valence-electron chi connectivity index (χ2n) is 5.33. The second kappa shape index (κ2) is 5.83. The van der Waals surface area contributed by atoms with E-state index in [2.05, 4.69) is 33.0 Å². The van der Waals surface area contributed by atoms with E-state index < -0.39 is 0 Å². The third kappa shape index (κ3) is 6.13. The molecule has 0 radical (unpaired) electrons. The van der Waals surface area contributed by atoms with E-state index in [0.29, 0.717) is 6.10 Å². The molecule has 90 valence electrons. The predicted octanol–water partition coefficient (Wildman–Crippen LogP) is 1.96. The maximum absolute atomic E-state index is 5.80. The van der Waals surface area contributed by atoms with Crippen LogP contribution in [0.25, 0.3) is 0 Å². The molecule has 0 aromatic carbocycles. The van der Waals surface area contributed by atoms with Crippen molar-refractivity contribution in [3.63, 3.8) is 0 Å². The molecule has 0 saturated carbocycles. The van der Waals surface area contributed by atoms with E-state index in [1.54, 1.807) is 0 Å². The first kappa shape index (κ1) is 12.9. The van der Waals surface area contributed by atoms with Crippen LogP contribution in [0.5, 0.6) is 0 Å². The Morgan fingerprint density at radius 3 is 2.73 bits per heavy atom. The predicted molar refractivity (Wildman–Crippen MR) is 62.1 cm³/mol. The van der Waals surface area contributed by atoms with Crippen LogP contribution in [0.1, 0.15) is 40.5 Å². The van der Waals surface area contributed by atoms with Crippen LogP contribution in [0.4, 0.5) is 0 Å². The average Bonchev–Trinajstić information content (AvgIpc) is 2.53. The van der Waals surface area contributed by atoms with Gasteiger partial charge >= 0.3 is 0 Å². The smallest absolute Gasteiger partial charge is 0.0700 e. The van der Waals surface area contributed by atoms with Crippen LogP contribution < -0.4 is 5.32 Å². The number of rotatable bonds is 5. The summed E-state index contributed by atoms with van der Waals surface area (Å²) in [6.45, 7) is 11.2. The van der Waals surface area contributed by atoms with Crippen molar-refractivity contribution in [2.45, 2.75) is 58.3 Å². The fourth-order valence-corrected chi connectivity index (χ4v) is 1.90.